The summed E-state index contributed by atoms with van der Waals surface area (Å²) in [4.78, 5) is 31.1. The SMILES string of the molecule is CCOC(=O)c1ccc(NC(=O)[C@H]2CCCN2Cc2nccc3c2OCO3)cc1. The Hall–Kier alpha value is -3.13. The van der Waals surface area contributed by atoms with Crippen LogP contribution in [0.15, 0.2) is 36.5 Å². The molecule has 2 aliphatic heterocycles. The van der Waals surface area contributed by atoms with E-state index in [4.69, 9.17) is 14.2 Å². The highest BCUT2D eigenvalue weighted by Crippen LogP contribution is 2.35. The Labute approximate surface area is 168 Å². The number of hydrogen-bond acceptors (Lipinski definition) is 7. The van der Waals surface area contributed by atoms with Gasteiger partial charge in [0.15, 0.2) is 11.5 Å². The summed E-state index contributed by atoms with van der Waals surface area (Å²) in [5.74, 6) is 0.905. The molecular formula is C21H23N3O5. The third-order valence-corrected chi connectivity index (χ3v) is 5.04. The number of anilines is 1. The Morgan fingerprint density at radius 3 is 2.86 bits per heavy atom. The van der Waals surface area contributed by atoms with Gasteiger partial charge in [-0.25, -0.2) is 4.79 Å². The predicted molar refractivity (Wildman–Crippen MR) is 105 cm³/mol. The summed E-state index contributed by atoms with van der Waals surface area (Å²) in [5, 5.41) is 2.94. The average Bonchev–Trinajstić information content (AvgIpc) is 3.38. The van der Waals surface area contributed by atoms with E-state index in [0.717, 1.165) is 25.1 Å². The molecule has 0 bridgehead atoms. The summed E-state index contributed by atoms with van der Waals surface area (Å²) >= 11 is 0. The van der Waals surface area contributed by atoms with Crippen molar-refractivity contribution in [2.24, 2.45) is 0 Å². The number of rotatable bonds is 6. The summed E-state index contributed by atoms with van der Waals surface area (Å²) in [6.07, 6.45) is 3.41. The molecule has 152 valence electrons. The number of hydrogen-bond donors (Lipinski definition) is 1. The van der Waals surface area contributed by atoms with E-state index in [0.29, 0.717) is 35.9 Å². The van der Waals surface area contributed by atoms with E-state index in [1.807, 2.05) is 0 Å². The van der Waals surface area contributed by atoms with E-state index in [1.165, 1.54) is 0 Å². The Bertz CT molecular complexity index is 900. The number of esters is 1. The number of amides is 1. The number of fused-ring (bicyclic) bond motifs is 1. The zero-order valence-electron chi connectivity index (χ0n) is 16.2. The normalized spacial score (nSPS) is 17.9. The molecule has 1 saturated heterocycles. The first-order valence-electron chi connectivity index (χ1n) is 9.71. The largest absolute Gasteiger partial charge is 0.462 e. The summed E-state index contributed by atoms with van der Waals surface area (Å²) in [6.45, 7) is 3.61. The van der Waals surface area contributed by atoms with Gasteiger partial charge in [-0.1, -0.05) is 0 Å². The molecule has 2 aliphatic rings. The van der Waals surface area contributed by atoms with Gasteiger partial charge in [0.25, 0.3) is 0 Å². The molecule has 8 nitrogen and oxygen atoms in total. The van der Waals surface area contributed by atoms with E-state index in [1.54, 1.807) is 43.5 Å². The minimum absolute atomic E-state index is 0.0730. The highest BCUT2D eigenvalue weighted by molar-refractivity contribution is 5.96. The first-order valence-corrected chi connectivity index (χ1v) is 9.71. The van der Waals surface area contributed by atoms with Gasteiger partial charge in [-0.3, -0.25) is 14.7 Å². The van der Waals surface area contributed by atoms with Crippen molar-refractivity contribution in [3.05, 3.63) is 47.8 Å². The van der Waals surface area contributed by atoms with Crippen LogP contribution in [0.1, 0.15) is 35.8 Å². The first-order chi connectivity index (χ1) is 14.2. The molecule has 1 amide bonds. The van der Waals surface area contributed by atoms with Gasteiger partial charge in [-0.05, 0) is 50.6 Å². The fraction of sp³-hybridized carbons (Fsp3) is 0.381. The van der Waals surface area contributed by atoms with Gasteiger partial charge in [-0.2, -0.15) is 0 Å². The van der Waals surface area contributed by atoms with Crippen LogP contribution in [0, 0.1) is 0 Å². The Kier molecular flexibility index (Phi) is 5.62. The van der Waals surface area contributed by atoms with Crippen LogP contribution in [0.2, 0.25) is 0 Å². The van der Waals surface area contributed by atoms with E-state index in [9.17, 15) is 9.59 Å². The highest BCUT2D eigenvalue weighted by Gasteiger charge is 2.32. The minimum Gasteiger partial charge on any atom is -0.462 e. The molecule has 0 aliphatic carbocycles. The van der Waals surface area contributed by atoms with Gasteiger partial charge in [-0.15, -0.1) is 0 Å². The van der Waals surface area contributed by atoms with Crippen molar-refractivity contribution in [1.82, 2.24) is 9.88 Å². The summed E-state index contributed by atoms with van der Waals surface area (Å²) in [7, 11) is 0. The average molecular weight is 397 g/mol. The number of aromatic nitrogens is 1. The third kappa shape index (κ3) is 4.17. The van der Waals surface area contributed by atoms with E-state index in [2.05, 4.69) is 15.2 Å². The first kappa shape index (κ1) is 19.2. The number of nitrogens with zero attached hydrogens (tertiary/aromatic N) is 2. The topological polar surface area (TPSA) is 90.0 Å². The summed E-state index contributed by atoms with van der Waals surface area (Å²) < 4.78 is 15.9. The zero-order chi connectivity index (χ0) is 20.2. The van der Waals surface area contributed by atoms with Crippen molar-refractivity contribution in [2.75, 3.05) is 25.3 Å². The molecular weight excluding hydrogens is 374 g/mol. The van der Waals surface area contributed by atoms with Crippen molar-refractivity contribution in [1.29, 1.82) is 0 Å². The number of likely N-dealkylation sites (tertiary alicyclic amines) is 1. The molecule has 1 fully saturated rings. The molecule has 1 N–H and O–H groups in total. The molecule has 29 heavy (non-hydrogen) atoms. The Morgan fingerprint density at radius 2 is 2.07 bits per heavy atom. The monoisotopic (exact) mass is 397 g/mol. The number of benzene rings is 1. The van der Waals surface area contributed by atoms with Crippen LogP contribution < -0.4 is 14.8 Å². The minimum atomic E-state index is -0.374. The second-order valence-corrected chi connectivity index (χ2v) is 6.91. The Balaban J connectivity index is 1.40. The molecule has 0 saturated carbocycles. The van der Waals surface area contributed by atoms with Crippen molar-refractivity contribution in [3.8, 4) is 11.5 Å². The molecule has 8 heteroatoms. The van der Waals surface area contributed by atoms with Crippen LogP contribution in [-0.2, 0) is 16.1 Å². The zero-order valence-corrected chi connectivity index (χ0v) is 16.2. The van der Waals surface area contributed by atoms with Crippen LogP contribution in [0.3, 0.4) is 0 Å². The number of nitrogens with one attached hydrogen (secondary N) is 1. The van der Waals surface area contributed by atoms with Crippen molar-refractivity contribution < 1.29 is 23.8 Å². The second-order valence-electron chi connectivity index (χ2n) is 6.91. The smallest absolute Gasteiger partial charge is 0.338 e. The molecule has 4 rings (SSSR count). The maximum atomic E-state index is 12.8. The molecule has 1 atom stereocenters. The van der Waals surface area contributed by atoms with Crippen molar-refractivity contribution >= 4 is 17.6 Å². The maximum absolute atomic E-state index is 12.8. The van der Waals surface area contributed by atoms with Crippen LogP contribution >= 0.6 is 0 Å². The standard InChI is InChI=1S/C21H23N3O5/c1-2-27-21(26)14-5-7-15(8-6-14)23-20(25)17-4-3-11-24(17)12-16-19-18(9-10-22-16)28-13-29-19/h5-10,17H,2-4,11-13H2,1H3,(H,23,25)/t17-/m1/s1. The lowest BCUT2D eigenvalue weighted by atomic mass is 10.1. The van der Waals surface area contributed by atoms with Crippen LogP contribution in [0.4, 0.5) is 5.69 Å². The van der Waals surface area contributed by atoms with Gasteiger partial charge in [0.1, 0.15) is 5.69 Å². The Morgan fingerprint density at radius 1 is 1.24 bits per heavy atom. The number of carbonyl (C=O) groups is 2. The number of pyridine rings is 1. The molecule has 0 radical (unpaired) electrons. The van der Waals surface area contributed by atoms with Crippen LogP contribution in [0.5, 0.6) is 11.5 Å². The lowest BCUT2D eigenvalue weighted by Gasteiger charge is -2.23. The van der Waals surface area contributed by atoms with Crippen LogP contribution in [-0.4, -0.2) is 47.7 Å². The van der Waals surface area contributed by atoms with Gasteiger partial charge in [0, 0.05) is 24.5 Å². The predicted octanol–water partition coefficient (Wildman–Crippen LogP) is 2.59. The molecule has 1 aromatic carbocycles. The summed E-state index contributed by atoms with van der Waals surface area (Å²) in [6, 6.07) is 8.24. The van der Waals surface area contributed by atoms with E-state index in [-0.39, 0.29) is 24.7 Å². The van der Waals surface area contributed by atoms with Gasteiger partial charge in [0.2, 0.25) is 12.7 Å². The van der Waals surface area contributed by atoms with Gasteiger partial charge < -0.3 is 19.5 Å². The summed E-state index contributed by atoms with van der Waals surface area (Å²) in [5.41, 5.74) is 1.88. The number of carbonyl (C=O) groups excluding carboxylic acids is 2. The van der Waals surface area contributed by atoms with Gasteiger partial charge >= 0.3 is 5.97 Å². The fourth-order valence-electron chi connectivity index (χ4n) is 3.64. The molecule has 1 aromatic heterocycles. The van der Waals surface area contributed by atoms with Crippen molar-refractivity contribution in [2.45, 2.75) is 32.4 Å². The lowest BCUT2D eigenvalue weighted by Crippen LogP contribution is -2.39. The van der Waals surface area contributed by atoms with Crippen LogP contribution in [0.25, 0.3) is 0 Å². The number of ether oxygens (including phenoxy) is 3. The van der Waals surface area contributed by atoms with E-state index >= 15 is 0 Å². The highest BCUT2D eigenvalue weighted by atomic mass is 16.7. The molecule has 0 unspecified atom stereocenters. The molecule has 3 heterocycles. The quantitative estimate of drug-likeness (QED) is 0.749. The van der Waals surface area contributed by atoms with Crippen molar-refractivity contribution in [3.63, 3.8) is 0 Å². The lowest BCUT2D eigenvalue weighted by molar-refractivity contribution is -0.120. The third-order valence-electron chi connectivity index (χ3n) is 5.04. The second kappa shape index (κ2) is 8.48. The fourth-order valence-corrected chi connectivity index (χ4v) is 3.64. The molecule has 2 aromatic rings. The van der Waals surface area contributed by atoms with Gasteiger partial charge in [0.05, 0.1) is 18.2 Å². The molecule has 0 spiro atoms. The maximum Gasteiger partial charge on any atom is 0.338 e. The van der Waals surface area contributed by atoms with E-state index < -0.39 is 0 Å².